The van der Waals surface area contributed by atoms with Crippen LogP contribution in [0.5, 0.6) is 0 Å². The summed E-state index contributed by atoms with van der Waals surface area (Å²) in [7, 11) is -3.82. The van der Waals surface area contributed by atoms with Gasteiger partial charge in [0.15, 0.2) is 0 Å². The molecule has 0 bridgehead atoms. The number of hydrogen-bond donors (Lipinski definition) is 2. The van der Waals surface area contributed by atoms with Gasteiger partial charge in [0.05, 0.1) is 16.1 Å². The molecule has 8 heteroatoms. The zero-order valence-corrected chi connectivity index (χ0v) is 13.2. The van der Waals surface area contributed by atoms with Crippen LogP contribution in [0.1, 0.15) is 19.8 Å². The number of nitrogen functional groups attached to an aromatic ring is 1. The highest BCUT2D eigenvalue weighted by atomic mass is 35.5. The molecule has 0 aliphatic carbocycles. The van der Waals surface area contributed by atoms with Crippen molar-refractivity contribution in [3.8, 4) is 0 Å². The van der Waals surface area contributed by atoms with E-state index >= 15 is 0 Å². The van der Waals surface area contributed by atoms with Gasteiger partial charge in [-0.3, -0.25) is 0 Å². The Balaban J connectivity index is 2.26. The summed E-state index contributed by atoms with van der Waals surface area (Å²) < 4.78 is 32.8. The van der Waals surface area contributed by atoms with Gasteiger partial charge in [-0.2, -0.15) is 0 Å². The van der Waals surface area contributed by atoms with E-state index in [2.05, 4.69) is 4.72 Å². The Bertz CT molecular complexity index is 578. The molecule has 0 saturated carbocycles. The number of nitrogens with two attached hydrogens (primary N) is 1. The van der Waals surface area contributed by atoms with Gasteiger partial charge in [-0.1, -0.05) is 23.2 Å². The van der Waals surface area contributed by atoms with Crippen molar-refractivity contribution in [3.63, 3.8) is 0 Å². The number of halogens is 2. The first-order valence-electron chi connectivity index (χ1n) is 6.19. The fraction of sp³-hybridized carbons (Fsp3) is 0.500. The zero-order chi connectivity index (χ0) is 14.9. The highest BCUT2D eigenvalue weighted by molar-refractivity contribution is 7.89. The van der Waals surface area contributed by atoms with E-state index in [0.717, 1.165) is 12.8 Å². The van der Waals surface area contributed by atoms with E-state index in [9.17, 15) is 8.42 Å². The number of rotatable bonds is 4. The monoisotopic (exact) mass is 338 g/mol. The summed E-state index contributed by atoms with van der Waals surface area (Å²) >= 11 is 11.9. The smallest absolute Gasteiger partial charge is 0.243 e. The summed E-state index contributed by atoms with van der Waals surface area (Å²) in [5, 5.41) is 0.00378. The summed E-state index contributed by atoms with van der Waals surface area (Å²) in [5.41, 5.74) is 5.88. The molecule has 1 aromatic rings. The second kappa shape index (κ2) is 6.07. The lowest BCUT2D eigenvalue weighted by Gasteiger charge is -2.20. The lowest BCUT2D eigenvalue weighted by atomic mass is 10.1. The Morgan fingerprint density at radius 1 is 1.40 bits per heavy atom. The highest BCUT2D eigenvalue weighted by Gasteiger charge is 2.29. The van der Waals surface area contributed by atoms with Crippen LogP contribution in [0.2, 0.25) is 10.0 Å². The predicted molar refractivity (Wildman–Crippen MR) is 79.6 cm³/mol. The quantitative estimate of drug-likeness (QED) is 0.826. The molecule has 20 heavy (non-hydrogen) atoms. The number of nitrogens with one attached hydrogen (secondary N) is 1. The molecule has 1 saturated heterocycles. The van der Waals surface area contributed by atoms with Gasteiger partial charge in [-0.15, -0.1) is 0 Å². The van der Waals surface area contributed by atoms with Crippen LogP contribution >= 0.6 is 23.2 Å². The highest BCUT2D eigenvalue weighted by Crippen LogP contribution is 2.32. The molecule has 112 valence electrons. The van der Waals surface area contributed by atoms with E-state index in [0.29, 0.717) is 12.3 Å². The lowest BCUT2D eigenvalue weighted by molar-refractivity contribution is 0.0902. The maximum absolute atomic E-state index is 12.4. The second-order valence-electron chi connectivity index (χ2n) is 4.78. The average Bonchev–Trinajstić information content (AvgIpc) is 2.78. The van der Waals surface area contributed by atoms with E-state index in [1.807, 2.05) is 0 Å². The van der Waals surface area contributed by atoms with Gasteiger partial charge >= 0.3 is 0 Å². The molecule has 3 N–H and O–H groups in total. The topological polar surface area (TPSA) is 81.4 Å². The van der Waals surface area contributed by atoms with Crippen molar-refractivity contribution in [1.29, 1.82) is 0 Å². The lowest BCUT2D eigenvalue weighted by Crippen LogP contribution is -2.40. The van der Waals surface area contributed by atoms with Crippen LogP contribution in [0.3, 0.4) is 0 Å². The molecule has 1 fully saturated rings. The van der Waals surface area contributed by atoms with E-state index in [4.69, 9.17) is 33.7 Å². The third-order valence-electron chi connectivity index (χ3n) is 3.15. The fourth-order valence-electron chi connectivity index (χ4n) is 2.21. The molecule has 0 amide bonds. The van der Waals surface area contributed by atoms with Gasteiger partial charge in [0, 0.05) is 18.3 Å². The van der Waals surface area contributed by atoms with Crippen molar-refractivity contribution in [2.45, 2.75) is 36.8 Å². The van der Waals surface area contributed by atoms with Crippen molar-refractivity contribution in [2.75, 3.05) is 12.3 Å². The first kappa shape index (κ1) is 15.9. The normalized spacial score (nSPS) is 21.1. The molecule has 1 aliphatic heterocycles. The molecular formula is C12H16Cl2N2O3S. The maximum atomic E-state index is 12.4. The van der Waals surface area contributed by atoms with Crippen LogP contribution in [0.15, 0.2) is 17.0 Å². The largest absolute Gasteiger partial charge is 0.399 e. The van der Waals surface area contributed by atoms with E-state index in [1.165, 1.54) is 12.1 Å². The van der Waals surface area contributed by atoms with Crippen LogP contribution in [0.25, 0.3) is 0 Å². The summed E-state index contributed by atoms with van der Waals surface area (Å²) in [6, 6.07) is 2.37. The fourth-order valence-corrected chi connectivity index (χ4v) is 4.72. The van der Waals surface area contributed by atoms with Crippen LogP contribution in [0, 0.1) is 0 Å². The zero-order valence-electron chi connectivity index (χ0n) is 10.9. The minimum absolute atomic E-state index is 0.00189. The standard InChI is InChI=1S/C12H16Cl2N2O3S/c1-7(11-3-2-4-19-11)16-20(17,18)12-9(13)5-8(15)6-10(12)14/h5-7,11,16H,2-4,15H2,1H3. The Hall–Kier alpha value is -0.530. The number of benzene rings is 1. The maximum Gasteiger partial charge on any atom is 0.243 e. The average molecular weight is 339 g/mol. The van der Waals surface area contributed by atoms with E-state index in [1.54, 1.807) is 6.92 Å². The first-order valence-corrected chi connectivity index (χ1v) is 8.43. The summed E-state index contributed by atoms with van der Waals surface area (Å²) in [6.07, 6.45) is 1.63. The number of hydrogen-bond acceptors (Lipinski definition) is 4. The van der Waals surface area contributed by atoms with Gasteiger partial charge in [0.1, 0.15) is 4.90 Å². The molecule has 2 atom stereocenters. The summed E-state index contributed by atoms with van der Waals surface area (Å²) in [4.78, 5) is -0.153. The Morgan fingerprint density at radius 2 is 2.00 bits per heavy atom. The minimum Gasteiger partial charge on any atom is -0.399 e. The Morgan fingerprint density at radius 3 is 2.50 bits per heavy atom. The molecule has 1 aliphatic rings. The molecule has 0 spiro atoms. The molecule has 5 nitrogen and oxygen atoms in total. The molecule has 1 aromatic carbocycles. The predicted octanol–water partition coefficient (Wildman–Crippen LogP) is 2.42. The molecule has 1 heterocycles. The van der Waals surface area contributed by atoms with Crippen molar-refractivity contribution in [3.05, 3.63) is 22.2 Å². The van der Waals surface area contributed by atoms with Crippen LogP contribution in [-0.2, 0) is 14.8 Å². The third kappa shape index (κ3) is 3.38. The number of sulfonamides is 1. The van der Waals surface area contributed by atoms with Gasteiger partial charge < -0.3 is 10.5 Å². The van der Waals surface area contributed by atoms with Gasteiger partial charge in [0.25, 0.3) is 0 Å². The van der Waals surface area contributed by atoms with Crippen molar-refractivity contribution in [2.24, 2.45) is 0 Å². The molecular weight excluding hydrogens is 323 g/mol. The van der Waals surface area contributed by atoms with Crippen molar-refractivity contribution in [1.82, 2.24) is 4.72 Å². The van der Waals surface area contributed by atoms with Crippen LogP contribution < -0.4 is 10.5 Å². The molecule has 2 rings (SSSR count). The molecule has 0 aromatic heterocycles. The van der Waals surface area contributed by atoms with Gasteiger partial charge in [-0.25, -0.2) is 13.1 Å². The van der Waals surface area contributed by atoms with Crippen LogP contribution in [-0.4, -0.2) is 27.2 Å². The van der Waals surface area contributed by atoms with Crippen LogP contribution in [0.4, 0.5) is 5.69 Å². The molecule has 2 unspecified atom stereocenters. The first-order chi connectivity index (χ1) is 9.31. The van der Waals surface area contributed by atoms with Crippen molar-refractivity contribution < 1.29 is 13.2 Å². The Labute approximate surface area is 128 Å². The number of anilines is 1. The SMILES string of the molecule is CC(NS(=O)(=O)c1c(Cl)cc(N)cc1Cl)C1CCCO1. The van der Waals surface area contributed by atoms with Gasteiger partial charge in [-0.05, 0) is 31.9 Å². The van der Waals surface area contributed by atoms with Crippen molar-refractivity contribution >= 4 is 38.9 Å². The number of ether oxygens (including phenoxy) is 1. The van der Waals surface area contributed by atoms with Gasteiger partial charge in [0.2, 0.25) is 10.0 Å². The summed E-state index contributed by atoms with van der Waals surface area (Å²) in [6.45, 7) is 2.41. The summed E-state index contributed by atoms with van der Waals surface area (Å²) in [5.74, 6) is 0. The second-order valence-corrected chi connectivity index (χ2v) is 7.24. The Kier molecular flexibility index (Phi) is 4.81. The van der Waals surface area contributed by atoms with E-state index < -0.39 is 10.0 Å². The third-order valence-corrected chi connectivity index (χ3v) is 5.63. The minimum atomic E-state index is -3.82. The molecule has 0 radical (unpaired) electrons. The van der Waals surface area contributed by atoms with E-state index in [-0.39, 0.29) is 27.1 Å².